The third-order valence-electron chi connectivity index (χ3n) is 3.34. The number of sulfonamides is 1. The maximum Gasteiger partial charge on any atom is 0.281 e. The molecule has 0 fully saturated rings. The molecular weight excluding hydrogens is 424 g/mol. The summed E-state index contributed by atoms with van der Waals surface area (Å²) in [5.41, 5.74) is 6.67. The van der Waals surface area contributed by atoms with Gasteiger partial charge in [-0.2, -0.15) is 9.67 Å². The molecule has 26 heavy (non-hydrogen) atoms. The number of anilines is 3. The van der Waals surface area contributed by atoms with E-state index < -0.39 is 15.9 Å². The van der Waals surface area contributed by atoms with Crippen LogP contribution in [0.15, 0.2) is 57.9 Å². The normalized spacial score (nSPS) is 11.3. The van der Waals surface area contributed by atoms with E-state index in [0.717, 1.165) is 9.15 Å². The van der Waals surface area contributed by atoms with Crippen molar-refractivity contribution in [1.29, 1.82) is 0 Å². The molecule has 1 aromatic heterocycles. The Morgan fingerprint density at radius 2 is 1.85 bits per heavy atom. The highest BCUT2D eigenvalue weighted by atomic mass is 79.9. The lowest BCUT2D eigenvalue weighted by molar-refractivity contribution is 0.0948. The molecular formula is C15H13BrN6O3S. The van der Waals surface area contributed by atoms with Crippen LogP contribution in [0.5, 0.6) is 0 Å². The Balaban J connectivity index is 1.83. The van der Waals surface area contributed by atoms with Crippen LogP contribution >= 0.6 is 15.9 Å². The topological polar surface area (TPSA) is 146 Å². The van der Waals surface area contributed by atoms with Crippen LogP contribution in [0.2, 0.25) is 0 Å². The lowest BCUT2D eigenvalue weighted by Crippen LogP contribution is -2.16. The maximum atomic E-state index is 12.5. The molecule has 0 unspecified atom stereocenters. The van der Waals surface area contributed by atoms with Gasteiger partial charge in [0.2, 0.25) is 21.9 Å². The van der Waals surface area contributed by atoms with E-state index in [-0.39, 0.29) is 16.8 Å². The van der Waals surface area contributed by atoms with Crippen molar-refractivity contribution in [3.05, 3.63) is 58.6 Å². The Labute approximate surface area is 157 Å². The standard InChI is InChI=1S/C15H13BrN6O3S/c16-10-3-1-2-9(8-10)13(23)22-14(17)20-15(21-22)19-11-4-6-12(7-5-11)26(18,24)25/h1-8H,(H2,18,24,25)(H3,17,19,20,21). The van der Waals surface area contributed by atoms with Gasteiger partial charge in [0, 0.05) is 15.7 Å². The number of nitrogens with one attached hydrogen (secondary N) is 1. The highest BCUT2D eigenvalue weighted by Gasteiger charge is 2.16. The van der Waals surface area contributed by atoms with Crippen molar-refractivity contribution >= 4 is 49.4 Å². The molecule has 0 radical (unpaired) electrons. The highest BCUT2D eigenvalue weighted by molar-refractivity contribution is 9.10. The first-order chi connectivity index (χ1) is 12.2. The van der Waals surface area contributed by atoms with Crippen molar-refractivity contribution in [3.63, 3.8) is 0 Å². The van der Waals surface area contributed by atoms with Crippen molar-refractivity contribution in [2.24, 2.45) is 5.14 Å². The van der Waals surface area contributed by atoms with Crippen LogP contribution < -0.4 is 16.2 Å². The second-order valence-electron chi connectivity index (χ2n) is 5.22. The van der Waals surface area contributed by atoms with Crippen LogP contribution in [-0.2, 0) is 10.0 Å². The number of carbonyl (C=O) groups excluding carboxylic acids is 1. The van der Waals surface area contributed by atoms with E-state index in [0.29, 0.717) is 11.3 Å². The van der Waals surface area contributed by atoms with Gasteiger partial charge in [0.05, 0.1) is 4.90 Å². The predicted molar refractivity (Wildman–Crippen MR) is 99.4 cm³/mol. The van der Waals surface area contributed by atoms with Gasteiger partial charge in [0.15, 0.2) is 0 Å². The number of aromatic nitrogens is 3. The Kier molecular flexibility index (Phi) is 4.76. The first-order valence-corrected chi connectivity index (χ1v) is 9.51. The lowest BCUT2D eigenvalue weighted by atomic mass is 10.2. The van der Waals surface area contributed by atoms with E-state index in [2.05, 4.69) is 31.3 Å². The van der Waals surface area contributed by atoms with Crippen LogP contribution in [-0.4, -0.2) is 29.1 Å². The third-order valence-corrected chi connectivity index (χ3v) is 4.76. The maximum absolute atomic E-state index is 12.5. The molecule has 0 bridgehead atoms. The number of rotatable bonds is 4. The summed E-state index contributed by atoms with van der Waals surface area (Å²) in [6.45, 7) is 0. The number of hydrogen-bond acceptors (Lipinski definition) is 7. The largest absolute Gasteiger partial charge is 0.368 e. The van der Waals surface area contributed by atoms with Crippen molar-refractivity contribution in [2.45, 2.75) is 4.90 Å². The minimum Gasteiger partial charge on any atom is -0.368 e. The van der Waals surface area contributed by atoms with E-state index >= 15 is 0 Å². The summed E-state index contributed by atoms with van der Waals surface area (Å²) in [7, 11) is -3.77. The zero-order valence-electron chi connectivity index (χ0n) is 13.1. The Bertz CT molecular complexity index is 1080. The quantitative estimate of drug-likeness (QED) is 0.563. The van der Waals surface area contributed by atoms with Crippen LogP contribution in [0, 0.1) is 0 Å². The van der Waals surface area contributed by atoms with Crippen LogP contribution in [0.1, 0.15) is 10.4 Å². The number of nitrogens with zero attached hydrogens (tertiary/aromatic N) is 3. The van der Waals surface area contributed by atoms with Gasteiger partial charge in [-0.3, -0.25) is 4.79 Å². The van der Waals surface area contributed by atoms with E-state index in [1.54, 1.807) is 24.3 Å². The van der Waals surface area contributed by atoms with Gasteiger partial charge in [-0.05, 0) is 42.5 Å². The van der Waals surface area contributed by atoms with Crippen molar-refractivity contribution in [3.8, 4) is 0 Å². The molecule has 9 nitrogen and oxygen atoms in total. The van der Waals surface area contributed by atoms with Crippen LogP contribution in [0.25, 0.3) is 0 Å². The van der Waals surface area contributed by atoms with Crippen LogP contribution in [0.4, 0.5) is 17.6 Å². The summed E-state index contributed by atoms with van der Waals surface area (Å²) >= 11 is 3.30. The van der Waals surface area contributed by atoms with Gasteiger partial charge in [0.25, 0.3) is 5.91 Å². The molecule has 5 N–H and O–H groups in total. The molecule has 0 aliphatic rings. The van der Waals surface area contributed by atoms with E-state index in [9.17, 15) is 13.2 Å². The molecule has 1 heterocycles. The lowest BCUT2D eigenvalue weighted by Gasteiger charge is -2.03. The van der Waals surface area contributed by atoms with Crippen molar-refractivity contribution in [1.82, 2.24) is 14.8 Å². The smallest absolute Gasteiger partial charge is 0.281 e. The van der Waals surface area contributed by atoms with E-state index in [1.165, 1.54) is 24.3 Å². The van der Waals surface area contributed by atoms with E-state index in [4.69, 9.17) is 10.9 Å². The summed E-state index contributed by atoms with van der Waals surface area (Å²) in [6, 6.07) is 12.4. The fourth-order valence-electron chi connectivity index (χ4n) is 2.13. The number of hydrogen-bond donors (Lipinski definition) is 3. The minimum atomic E-state index is -3.77. The number of carbonyl (C=O) groups is 1. The minimum absolute atomic E-state index is 0.0223. The zero-order chi connectivity index (χ0) is 18.9. The van der Waals surface area contributed by atoms with Crippen molar-refractivity contribution in [2.75, 3.05) is 11.1 Å². The molecule has 0 saturated heterocycles. The number of nitrogens with two attached hydrogens (primary N) is 2. The average Bonchev–Trinajstić information content (AvgIpc) is 2.94. The van der Waals surface area contributed by atoms with Gasteiger partial charge >= 0.3 is 0 Å². The fourth-order valence-corrected chi connectivity index (χ4v) is 3.04. The van der Waals surface area contributed by atoms with Gasteiger partial charge < -0.3 is 11.1 Å². The van der Waals surface area contributed by atoms with Crippen molar-refractivity contribution < 1.29 is 13.2 Å². The molecule has 134 valence electrons. The molecule has 0 atom stereocenters. The number of nitrogen functional groups attached to an aromatic ring is 1. The molecule has 0 aliphatic heterocycles. The van der Waals surface area contributed by atoms with Gasteiger partial charge in [0.1, 0.15) is 0 Å². The molecule has 11 heteroatoms. The summed E-state index contributed by atoms with van der Waals surface area (Å²) < 4.78 is 24.2. The number of halogens is 1. The highest BCUT2D eigenvalue weighted by Crippen LogP contribution is 2.18. The van der Waals surface area contributed by atoms with Gasteiger partial charge in [-0.15, -0.1) is 5.10 Å². The molecule has 0 aliphatic carbocycles. The second kappa shape index (κ2) is 6.86. The molecule has 0 amide bonds. The Morgan fingerprint density at radius 3 is 2.46 bits per heavy atom. The zero-order valence-corrected chi connectivity index (χ0v) is 15.5. The molecule has 0 spiro atoms. The Hall–Kier alpha value is -2.76. The Morgan fingerprint density at radius 1 is 1.15 bits per heavy atom. The van der Waals surface area contributed by atoms with Gasteiger partial charge in [-0.1, -0.05) is 22.0 Å². The average molecular weight is 437 g/mol. The van der Waals surface area contributed by atoms with Crippen LogP contribution in [0.3, 0.4) is 0 Å². The molecule has 2 aromatic carbocycles. The number of benzene rings is 2. The van der Waals surface area contributed by atoms with E-state index in [1.807, 2.05) is 0 Å². The third kappa shape index (κ3) is 3.90. The summed E-state index contributed by atoms with van der Waals surface area (Å²) in [6.07, 6.45) is 0. The van der Waals surface area contributed by atoms with Gasteiger partial charge in [-0.25, -0.2) is 13.6 Å². The SMILES string of the molecule is Nc1nc(Nc2ccc(S(N)(=O)=O)cc2)nn1C(=O)c1cccc(Br)c1. The summed E-state index contributed by atoms with van der Waals surface area (Å²) in [5.74, 6) is -0.429. The second-order valence-corrected chi connectivity index (χ2v) is 7.69. The summed E-state index contributed by atoms with van der Waals surface area (Å²) in [5, 5.41) is 11.9. The molecule has 3 aromatic rings. The fraction of sp³-hybridized carbons (Fsp3) is 0. The monoisotopic (exact) mass is 436 g/mol. The first kappa shape index (κ1) is 18.0. The molecule has 0 saturated carbocycles. The predicted octanol–water partition coefficient (Wildman–Crippen LogP) is 1.70. The molecule has 3 rings (SSSR count). The number of primary sulfonamides is 1. The summed E-state index contributed by atoms with van der Waals surface area (Å²) in [4.78, 5) is 16.5. The first-order valence-electron chi connectivity index (χ1n) is 7.17.